The number of ether oxygens (including phenoxy) is 1. The van der Waals surface area contributed by atoms with Gasteiger partial charge in [0.25, 0.3) is 0 Å². The molecule has 0 amide bonds. The highest BCUT2D eigenvalue weighted by Gasteiger charge is 2.19. The van der Waals surface area contributed by atoms with Crippen LogP contribution in [-0.4, -0.2) is 33.5 Å². The summed E-state index contributed by atoms with van der Waals surface area (Å²) in [7, 11) is -1.98. The molecule has 0 bridgehead atoms. The lowest BCUT2D eigenvalue weighted by Gasteiger charge is -2.12. The molecule has 4 nitrogen and oxygen atoms in total. The lowest BCUT2D eigenvalue weighted by Crippen LogP contribution is -2.31. The lowest BCUT2D eigenvalue weighted by atomic mass is 10.4. The van der Waals surface area contributed by atoms with Crippen molar-refractivity contribution in [2.24, 2.45) is 0 Å². The molecule has 1 aromatic carbocycles. The summed E-state index contributed by atoms with van der Waals surface area (Å²) in [6.07, 6.45) is 0. The summed E-state index contributed by atoms with van der Waals surface area (Å²) in [5.41, 5.74) is 0. The molecule has 18 heavy (non-hydrogen) atoms. The van der Waals surface area contributed by atoms with E-state index in [9.17, 15) is 8.42 Å². The SMILES string of the molecule is COCC(Br)CNS(=O)(=O)c1cc(Br)ccc1Br. The number of alkyl halides is 1. The first-order valence-corrected chi connectivity index (χ1v) is 8.93. The predicted octanol–water partition coefficient (Wildman–Crippen LogP) is 2.90. The fraction of sp³-hybridized carbons (Fsp3) is 0.400. The van der Waals surface area contributed by atoms with Crippen LogP contribution in [-0.2, 0) is 14.8 Å². The minimum atomic E-state index is -3.54. The highest BCUT2D eigenvalue weighted by atomic mass is 79.9. The third kappa shape index (κ3) is 4.90. The van der Waals surface area contributed by atoms with Crippen LogP contribution in [0.2, 0.25) is 0 Å². The van der Waals surface area contributed by atoms with E-state index in [4.69, 9.17) is 4.74 Å². The molecule has 1 N–H and O–H groups in total. The third-order valence-electron chi connectivity index (χ3n) is 2.03. The summed E-state index contributed by atoms with van der Waals surface area (Å²) < 4.78 is 32.9. The van der Waals surface area contributed by atoms with Gasteiger partial charge < -0.3 is 4.74 Å². The Labute approximate surface area is 132 Å². The third-order valence-corrected chi connectivity index (χ3v) is 5.52. The Balaban J connectivity index is 2.83. The van der Waals surface area contributed by atoms with Crippen molar-refractivity contribution in [3.63, 3.8) is 0 Å². The van der Waals surface area contributed by atoms with Crippen LogP contribution in [0, 0.1) is 0 Å². The van der Waals surface area contributed by atoms with E-state index in [1.807, 2.05) is 0 Å². The van der Waals surface area contributed by atoms with Gasteiger partial charge in [-0.3, -0.25) is 0 Å². The summed E-state index contributed by atoms with van der Waals surface area (Å²) in [5.74, 6) is 0. The van der Waals surface area contributed by atoms with Crippen molar-refractivity contribution in [2.45, 2.75) is 9.72 Å². The Kier molecular flexibility index (Phi) is 6.77. The molecule has 0 aliphatic heterocycles. The molecule has 1 rings (SSSR count). The van der Waals surface area contributed by atoms with E-state index >= 15 is 0 Å². The Bertz CT molecular complexity index is 507. The molecule has 0 spiro atoms. The van der Waals surface area contributed by atoms with E-state index in [-0.39, 0.29) is 16.3 Å². The Morgan fingerprint density at radius 3 is 2.67 bits per heavy atom. The smallest absolute Gasteiger partial charge is 0.241 e. The van der Waals surface area contributed by atoms with E-state index in [1.165, 1.54) is 0 Å². The van der Waals surface area contributed by atoms with Gasteiger partial charge in [-0.2, -0.15) is 0 Å². The Hall–Kier alpha value is 0.530. The van der Waals surface area contributed by atoms with Gasteiger partial charge in [-0.15, -0.1) is 0 Å². The highest BCUT2D eigenvalue weighted by molar-refractivity contribution is 9.11. The average molecular weight is 466 g/mol. The predicted molar refractivity (Wildman–Crippen MR) is 81.6 cm³/mol. The molecule has 0 aliphatic rings. The van der Waals surface area contributed by atoms with Crippen molar-refractivity contribution < 1.29 is 13.2 Å². The van der Waals surface area contributed by atoms with Crippen LogP contribution in [0.25, 0.3) is 0 Å². The second-order valence-corrected chi connectivity index (χ2v) is 8.28. The molecular weight excluding hydrogens is 454 g/mol. The van der Waals surface area contributed by atoms with Gasteiger partial charge in [-0.05, 0) is 34.1 Å². The molecular formula is C10H12Br3NO3S. The molecule has 1 atom stereocenters. The van der Waals surface area contributed by atoms with Crippen molar-refractivity contribution in [1.29, 1.82) is 0 Å². The fourth-order valence-electron chi connectivity index (χ4n) is 1.20. The maximum absolute atomic E-state index is 12.1. The molecule has 0 saturated heterocycles. The van der Waals surface area contributed by atoms with E-state index in [0.717, 1.165) is 0 Å². The van der Waals surface area contributed by atoms with Gasteiger partial charge in [-0.25, -0.2) is 13.1 Å². The monoisotopic (exact) mass is 463 g/mol. The number of halogens is 3. The summed E-state index contributed by atoms with van der Waals surface area (Å²) >= 11 is 9.80. The first kappa shape index (κ1) is 16.6. The van der Waals surface area contributed by atoms with Crippen molar-refractivity contribution in [3.8, 4) is 0 Å². The van der Waals surface area contributed by atoms with Crippen LogP contribution < -0.4 is 4.72 Å². The number of hydrogen-bond donors (Lipinski definition) is 1. The van der Waals surface area contributed by atoms with Crippen molar-refractivity contribution in [2.75, 3.05) is 20.3 Å². The molecule has 8 heteroatoms. The standard InChI is InChI=1S/C10H12Br3NO3S/c1-17-6-8(12)5-14-18(15,16)10-4-7(11)2-3-9(10)13/h2-4,8,14H,5-6H2,1H3. The molecule has 0 aliphatic carbocycles. The van der Waals surface area contributed by atoms with Crippen molar-refractivity contribution in [1.82, 2.24) is 4.72 Å². The van der Waals surface area contributed by atoms with Crippen molar-refractivity contribution >= 4 is 57.8 Å². The van der Waals surface area contributed by atoms with Gasteiger partial charge in [0.2, 0.25) is 10.0 Å². The van der Waals surface area contributed by atoms with Gasteiger partial charge >= 0.3 is 0 Å². The van der Waals surface area contributed by atoms with Crippen LogP contribution in [0.15, 0.2) is 32.0 Å². The molecule has 0 heterocycles. The number of methoxy groups -OCH3 is 1. The molecule has 0 aromatic heterocycles. The molecule has 102 valence electrons. The summed E-state index contributed by atoms with van der Waals surface area (Å²) in [6.45, 7) is 0.692. The van der Waals surface area contributed by atoms with E-state index in [0.29, 0.717) is 15.6 Å². The first-order valence-electron chi connectivity index (χ1n) is 4.94. The number of sulfonamides is 1. The van der Waals surface area contributed by atoms with Gasteiger partial charge in [0.05, 0.1) is 16.3 Å². The zero-order chi connectivity index (χ0) is 13.8. The summed E-state index contributed by atoms with van der Waals surface area (Å²) in [6, 6.07) is 4.99. The van der Waals surface area contributed by atoms with Crippen LogP contribution in [0.5, 0.6) is 0 Å². The molecule has 0 saturated carbocycles. The van der Waals surface area contributed by atoms with Gasteiger partial charge in [0.15, 0.2) is 0 Å². The number of hydrogen-bond acceptors (Lipinski definition) is 3. The summed E-state index contributed by atoms with van der Waals surface area (Å²) in [5, 5.41) is 0. The van der Waals surface area contributed by atoms with Crippen LogP contribution in [0.1, 0.15) is 0 Å². The molecule has 1 aromatic rings. The zero-order valence-corrected chi connectivity index (χ0v) is 15.1. The Morgan fingerprint density at radius 1 is 1.39 bits per heavy atom. The topological polar surface area (TPSA) is 55.4 Å². The van der Waals surface area contributed by atoms with E-state index < -0.39 is 10.0 Å². The van der Waals surface area contributed by atoms with E-state index in [2.05, 4.69) is 52.5 Å². The maximum Gasteiger partial charge on any atom is 0.241 e. The number of rotatable bonds is 6. The molecule has 1 unspecified atom stereocenters. The van der Waals surface area contributed by atoms with Gasteiger partial charge in [-0.1, -0.05) is 31.9 Å². The quantitative estimate of drug-likeness (QED) is 0.657. The van der Waals surface area contributed by atoms with Crippen LogP contribution in [0.4, 0.5) is 0 Å². The minimum Gasteiger partial charge on any atom is -0.383 e. The van der Waals surface area contributed by atoms with E-state index in [1.54, 1.807) is 25.3 Å². The van der Waals surface area contributed by atoms with Gasteiger partial charge in [0, 0.05) is 22.6 Å². The number of benzene rings is 1. The summed E-state index contributed by atoms with van der Waals surface area (Å²) in [4.78, 5) is 0.136. The number of nitrogens with one attached hydrogen (secondary N) is 1. The Morgan fingerprint density at radius 2 is 2.06 bits per heavy atom. The second-order valence-electron chi connectivity index (χ2n) is 3.48. The highest BCUT2D eigenvalue weighted by Crippen LogP contribution is 2.25. The van der Waals surface area contributed by atoms with Crippen molar-refractivity contribution in [3.05, 3.63) is 27.1 Å². The molecule has 0 fully saturated rings. The molecule has 0 radical (unpaired) electrons. The van der Waals surface area contributed by atoms with Crippen LogP contribution in [0.3, 0.4) is 0 Å². The normalized spacial score (nSPS) is 13.6. The van der Waals surface area contributed by atoms with Crippen LogP contribution >= 0.6 is 47.8 Å². The average Bonchev–Trinajstić information content (AvgIpc) is 2.30. The largest absolute Gasteiger partial charge is 0.383 e. The first-order chi connectivity index (χ1) is 8.36. The second kappa shape index (κ2) is 7.35. The fourth-order valence-corrected chi connectivity index (χ4v) is 4.42. The maximum atomic E-state index is 12.1. The van der Waals surface area contributed by atoms with Gasteiger partial charge in [0.1, 0.15) is 0 Å². The zero-order valence-electron chi connectivity index (χ0n) is 9.49. The minimum absolute atomic E-state index is 0.0665. The lowest BCUT2D eigenvalue weighted by molar-refractivity contribution is 0.201.